The van der Waals surface area contributed by atoms with Gasteiger partial charge in [0.2, 0.25) is 0 Å². The lowest BCUT2D eigenvalue weighted by atomic mass is 10.2. The zero-order valence-electron chi connectivity index (χ0n) is 14.0. The van der Waals surface area contributed by atoms with Crippen molar-refractivity contribution in [1.82, 2.24) is 13.6 Å². The number of pyridine rings is 1. The fraction of sp³-hybridized carbons (Fsp3) is 0.250. The number of halogens is 1. The van der Waals surface area contributed by atoms with Gasteiger partial charge in [-0.25, -0.2) is 9.18 Å². The van der Waals surface area contributed by atoms with Crippen molar-refractivity contribution in [3.8, 4) is 0 Å². The standard InChI is InChI=1S/C16H18FN5O3S/c1-21-5-6-22(26(21,24)25)11-12-7-13(17)9-15(8-12)20-16(23)19-14-3-2-4-18-10-14/h2-4,7-10H,5-6,11H2,1H3,(H2,19,20,23). The number of rotatable bonds is 4. The van der Waals surface area contributed by atoms with E-state index in [1.54, 1.807) is 24.4 Å². The number of benzene rings is 1. The van der Waals surface area contributed by atoms with Crippen molar-refractivity contribution in [2.45, 2.75) is 6.54 Å². The molecule has 2 aromatic rings. The van der Waals surface area contributed by atoms with Crippen LogP contribution in [0.3, 0.4) is 0 Å². The summed E-state index contributed by atoms with van der Waals surface area (Å²) in [5, 5.41) is 5.10. The van der Waals surface area contributed by atoms with Gasteiger partial charge < -0.3 is 10.6 Å². The van der Waals surface area contributed by atoms with E-state index >= 15 is 0 Å². The van der Waals surface area contributed by atoms with Crippen LogP contribution >= 0.6 is 0 Å². The first-order valence-electron chi connectivity index (χ1n) is 7.83. The number of carbonyl (C=O) groups is 1. The quantitative estimate of drug-likeness (QED) is 0.848. The Morgan fingerprint density at radius 2 is 2.00 bits per heavy atom. The van der Waals surface area contributed by atoms with Gasteiger partial charge in [-0.15, -0.1) is 0 Å². The van der Waals surface area contributed by atoms with Crippen molar-refractivity contribution >= 4 is 27.6 Å². The third kappa shape index (κ3) is 4.15. The van der Waals surface area contributed by atoms with E-state index < -0.39 is 22.1 Å². The highest BCUT2D eigenvalue weighted by molar-refractivity contribution is 7.86. The highest BCUT2D eigenvalue weighted by Gasteiger charge is 2.33. The molecule has 1 saturated heterocycles. The lowest BCUT2D eigenvalue weighted by Gasteiger charge is -2.16. The van der Waals surface area contributed by atoms with Crippen molar-refractivity contribution < 1.29 is 17.6 Å². The minimum Gasteiger partial charge on any atom is -0.308 e. The molecule has 2 amide bonds. The maximum Gasteiger partial charge on any atom is 0.323 e. The summed E-state index contributed by atoms with van der Waals surface area (Å²) in [4.78, 5) is 15.9. The fourth-order valence-corrected chi connectivity index (χ4v) is 3.92. The van der Waals surface area contributed by atoms with E-state index in [4.69, 9.17) is 0 Å². The van der Waals surface area contributed by atoms with Crippen LogP contribution < -0.4 is 10.6 Å². The minimum absolute atomic E-state index is 0.0311. The molecule has 1 aliphatic heterocycles. The van der Waals surface area contributed by atoms with Gasteiger partial charge in [-0.2, -0.15) is 17.0 Å². The molecule has 0 bridgehead atoms. The molecule has 0 saturated carbocycles. The minimum atomic E-state index is -3.52. The number of carbonyl (C=O) groups excluding carboxylic acids is 1. The molecule has 0 spiro atoms. The normalized spacial score (nSPS) is 17.2. The number of amides is 2. The van der Waals surface area contributed by atoms with Gasteiger partial charge in [0.1, 0.15) is 5.82 Å². The lowest BCUT2D eigenvalue weighted by Crippen LogP contribution is -2.30. The van der Waals surface area contributed by atoms with Crippen LogP contribution in [0.25, 0.3) is 0 Å². The van der Waals surface area contributed by atoms with Crippen molar-refractivity contribution in [2.75, 3.05) is 30.8 Å². The molecule has 0 unspecified atom stereocenters. The largest absolute Gasteiger partial charge is 0.323 e. The van der Waals surface area contributed by atoms with Gasteiger partial charge in [-0.3, -0.25) is 4.98 Å². The van der Waals surface area contributed by atoms with Gasteiger partial charge in [0.05, 0.1) is 11.9 Å². The van der Waals surface area contributed by atoms with Gasteiger partial charge in [0.25, 0.3) is 10.2 Å². The van der Waals surface area contributed by atoms with Crippen LogP contribution in [0.4, 0.5) is 20.6 Å². The lowest BCUT2D eigenvalue weighted by molar-refractivity contribution is 0.262. The summed E-state index contributed by atoms with van der Waals surface area (Å²) in [7, 11) is -2.02. The summed E-state index contributed by atoms with van der Waals surface area (Å²) in [5.41, 5.74) is 1.17. The molecule has 1 aliphatic rings. The van der Waals surface area contributed by atoms with Crippen molar-refractivity contribution in [1.29, 1.82) is 0 Å². The summed E-state index contributed by atoms with van der Waals surface area (Å²) in [6.45, 7) is 0.749. The number of likely N-dealkylation sites (N-methyl/N-ethyl adjacent to an activating group) is 1. The number of hydrogen-bond acceptors (Lipinski definition) is 4. The molecule has 1 aromatic carbocycles. The first-order chi connectivity index (χ1) is 12.3. The highest BCUT2D eigenvalue weighted by Crippen LogP contribution is 2.21. The average molecular weight is 379 g/mol. The molecule has 138 valence electrons. The second kappa shape index (κ2) is 7.36. The number of nitrogens with one attached hydrogen (secondary N) is 2. The van der Waals surface area contributed by atoms with Gasteiger partial charge in [0.15, 0.2) is 0 Å². The molecule has 3 rings (SSSR count). The first kappa shape index (κ1) is 18.2. The number of anilines is 2. The Morgan fingerprint density at radius 3 is 2.65 bits per heavy atom. The summed E-state index contributed by atoms with van der Waals surface area (Å²) >= 11 is 0. The fourth-order valence-electron chi connectivity index (χ4n) is 2.59. The van der Waals surface area contributed by atoms with E-state index in [-0.39, 0.29) is 12.2 Å². The maximum atomic E-state index is 13.9. The van der Waals surface area contributed by atoms with Crippen LogP contribution in [0.5, 0.6) is 0 Å². The Balaban J connectivity index is 1.71. The summed E-state index contributed by atoms with van der Waals surface area (Å²) in [6.07, 6.45) is 3.05. The second-order valence-corrected chi connectivity index (χ2v) is 7.87. The molecule has 0 aliphatic carbocycles. The highest BCUT2D eigenvalue weighted by atomic mass is 32.2. The average Bonchev–Trinajstić information content (AvgIpc) is 2.82. The predicted octanol–water partition coefficient (Wildman–Crippen LogP) is 1.86. The number of nitrogens with zero attached hydrogens (tertiary/aromatic N) is 3. The van der Waals surface area contributed by atoms with E-state index in [1.807, 2.05) is 0 Å². The third-order valence-electron chi connectivity index (χ3n) is 3.88. The van der Waals surface area contributed by atoms with Gasteiger partial charge >= 0.3 is 6.03 Å². The van der Waals surface area contributed by atoms with Gasteiger partial charge in [-0.05, 0) is 35.9 Å². The zero-order chi connectivity index (χ0) is 18.7. The zero-order valence-corrected chi connectivity index (χ0v) is 14.8. The van der Waals surface area contributed by atoms with Crippen LogP contribution in [0.2, 0.25) is 0 Å². The van der Waals surface area contributed by atoms with Gasteiger partial charge in [0, 0.05) is 38.6 Å². The molecular weight excluding hydrogens is 361 g/mol. The smallest absolute Gasteiger partial charge is 0.308 e. The molecule has 1 aromatic heterocycles. The molecule has 2 N–H and O–H groups in total. The van der Waals surface area contributed by atoms with E-state index in [2.05, 4.69) is 15.6 Å². The second-order valence-electron chi connectivity index (χ2n) is 5.83. The van der Waals surface area contributed by atoms with Crippen molar-refractivity contribution in [3.63, 3.8) is 0 Å². The SMILES string of the molecule is CN1CCN(Cc2cc(F)cc(NC(=O)Nc3cccnc3)c2)S1(=O)=O. The molecule has 2 heterocycles. The van der Waals surface area contributed by atoms with Crippen molar-refractivity contribution in [2.24, 2.45) is 0 Å². The predicted molar refractivity (Wildman–Crippen MR) is 95.2 cm³/mol. The Morgan fingerprint density at radius 1 is 1.23 bits per heavy atom. The van der Waals surface area contributed by atoms with Gasteiger partial charge in [-0.1, -0.05) is 0 Å². The molecule has 26 heavy (non-hydrogen) atoms. The maximum absolute atomic E-state index is 13.9. The van der Waals surface area contributed by atoms with Crippen molar-refractivity contribution in [3.05, 3.63) is 54.1 Å². The number of aromatic nitrogens is 1. The number of urea groups is 1. The van der Waals surface area contributed by atoms with Crippen LogP contribution in [0.15, 0.2) is 42.7 Å². The van der Waals surface area contributed by atoms with Crippen LogP contribution in [-0.4, -0.2) is 48.2 Å². The Hall–Kier alpha value is -2.56. The van der Waals surface area contributed by atoms with E-state index in [0.717, 1.165) is 6.07 Å². The summed E-state index contributed by atoms with van der Waals surface area (Å²) < 4.78 is 40.6. The first-order valence-corrected chi connectivity index (χ1v) is 9.23. The molecule has 10 heteroatoms. The van der Waals surface area contributed by atoms with E-state index in [9.17, 15) is 17.6 Å². The van der Waals surface area contributed by atoms with E-state index in [1.165, 1.54) is 27.9 Å². The van der Waals surface area contributed by atoms with Crippen LogP contribution in [0, 0.1) is 5.82 Å². The summed E-state index contributed by atoms with van der Waals surface area (Å²) in [6, 6.07) is 6.74. The Bertz CT molecular complexity index is 907. The monoisotopic (exact) mass is 379 g/mol. The molecule has 0 radical (unpaired) electrons. The molecule has 0 atom stereocenters. The third-order valence-corrected chi connectivity index (χ3v) is 5.81. The summed E-state index contributed by atoms with van der Waals surface area (Å²) in [5.74, 6) is -0.566. The molecule has 1 fully saturated rings. The Kier molecular flexibility index (Phi) is 5.16. The molecular formula is C16H18FN5O3S. The van der Waals surface area contributed by atoms with E-state index in [0.29, 0.717) is 24.3 Å². The topological polar surface area (TPSA) is 94.6 Å². The molecule has 8 nitrogen and oxygen atoms in total. The Labute approximate surface area is 150 Å². The van der Waals surface area contributed by atoms with Crippen LogP contribution in [0.1, 0.15) is 5.56 Å². The number of hydrogen-bond donors (Lipinski definition) is 2. The van der Waals surface area contributed by atoms with Crippen LogP contribution in [-0.2, 0) is 16.8 Å².